The van der Waals surface area contributed by atoms with Crippen molar-refractivity contribution < 1.29 is 23.6 Å². The quantitative estimate of drug-likeness (QED) is 0.508. The summed E-state index contributed by atoms with van der Waals surface area (Å²) in [6.45, 7) is 5.51. The number of hydrogen-bond donors (Lipinski definition) is 1. The molecule has 2 aromatic rings. The number of aromatic nitrogens is 2. The van der Waals surface area contributed by atoms with Crippen LogP contribution in [0.3, 0.4) is 0 Å². The number of nitrogens with zero attached hydrogens (tertiary/aromatic N) is 4. The van der Waals surface area contributed by atoms with Gasteiger partial charge in [0, 0.05) is 61.4 Å². The molecule has 1 saturated carbocycles. The lowest BCUT2D eigenvalue weighted by molar-refractivity contribution is -0.147. The predicted octanol–water partition coefficient (Wildman–Crippen LogP) is 4.03. The van der Waals surface area contributed by atoms with Gasteiger partial charge in [-0.25, -0.2) is 0 Å². The number of rotatable bonds is 8. The first kappa shape index (κ1) is 28.4. The van der Waals surface area contributed by atoms with Gasteiger partial charge < -0.3 is 24.4 Å². The van der Waals surface area contributed by atoms with Crippen LogP contribution in [0.1, 0.15) is 87.2 Å². The number of likely N-dealkylation sites (tertiary alicyclic amines) is 1. The summed E-state index contributed by atoms with van der Waals surface area (Å²) >= 11 is 6.71. The standard InChI is InChI=1S/C29H38ClN5O5/c1-17(2)28-32-24(33-40-28)16-39-23-11-10-21(30)20-12-14-35(22(26(20)23)15-34-13-6-9-25(34)36)29(38)19-8-5-4-7-18(19)27(37)31-3/h10-11,17-19,22H,4-9,12-16H2,1-3H3,(H,31,37)/t18-,19+,22?/m0/s1. The van der Waals surface area contributed by atoms with E-state index in [1.54, 1.807) is 7.05 Å². The lowest BCUT2D eigenvalue weighted by Crippen LogP contribution is -2.50. The summed E-state index contributed by atoms with van der Waals surface area (Å²) < 4.78 is 11.6. The number of ether oxygens (including phenoxy) is 1. The number of amides is 3. The minimum Gasteiger partial charge on any atom is -0.485 e. The zero-order chi connectivity index (χ0) is 28.4. The number of fused-ring (bicyclic) bond motifs is 1. The molecule has 2 fully saturated rings. The lowest BCUT2D eigenvalue weighted by Gasteiger charge is -2.43. The minimum atomic E-state index is -0.448. The van der Waals surface area contributed by atoms with E-state index in [1.165, 1.54) is 0 Å². The molecule has 1 N–H and O–H groups in total. The van der Waals surface area contributed by atoms with Gasteiger partial charge in [-0.3, -0.25) is 14.4 Å². The van der Waals surface area contributed by atoms with E-state index >= 15 is 0 Å². The minimum absolute atomic E-state index is 0.0405. The van der Waals surface area contributed by atoms with Crippen LogP contribution in [-0.4, -0.2) is 64.3 Å². The van der Waals surface area contributed by atoms with Gasteiger partial charge in [-0.15, -0.1) is 0 Å². The maximum Gasteiger partial charge on any atom is 0.229 e. The fourth-order valence-electron chi connectivity index (χ4n) is 6.31. The molecule has 216 valence electrons. The van der Waals surface area contributed by atoms with Gasteiger partial charge in [-0.2, -0.15) is 4.98 Å². The summed E-state index contributed by atoms with van der Waals surface area (Å²) in [6, 6.07) is 3.17. The molecule has 40 heavy (non-hydrogen) atoms. The van der Waals surface area contributed by atoms with Crippen LogP contribution < -0.4 is 10.1 Å². The average molecular weight is 572 g/mol. The van der Waals surface area contributed by atoms with Crippen molar-refractivity contribution in [3.8, 4) is 5.75 Å². The van der Waals surface area contributed by atoms with E-state index < -0.39 is 12.0 Å². The van der Waals surface area contributed by atoms with Crippen LogP contribution >= 0.6 is 11.6 Å². The molecular weight excluding hydrogens is 534 g/mol. The molecule has 3 atom stereocenters. The number of carbonyl (C=O) groups excluding carboxylic acids is 3. The van der Waals surface area contributed by atoms with Gasteiger partial charge in [0.2, 0.25) is 29.4 Å². The highest BCUT2D eigenvalue weighted by molar-refractivity contribution is 6.31. The first-order chi connectivity index (χ1) is 19.3. The third-order valence-corrected chi connectivity index (χ3v) is 8.77. The number of benzene rings is 1. The molecule has 3 heterocycles. The highest BCUT2D eigenvalue weighted by Crippen LogP contribution is 2.43. The van der Waals surface area contributed by atoms with Gasteiger partial charge in [0.25, 0.3) is 0 Å². The molecule has 0 bridgehead atoms. The molecule has 1 aromatic heterocycles. The van der Waals surface area contributed by atoms with Crippen molar-refractivity contribution in [3.05, 3.63) is 40.0 Å². The van der Waals surface area contributed by atoms with Gasteiger partial charge in [-0.05, 0) is 43.4 Å². The van der Waals surface area contributed by atoms with E-state index in [0.29, 0.717) is 67.8 Å². The predicted molar refractivity (Wildman–Crippen MR) is 148 cm³/mol. The molecule has 0 spiro atoms. The molecule has 10 nitrogen and oxygen atoms in total. The summed E-state index contributed by atoms with van der Waals surface area (Å²) in [4.78, 5) is 47.8. The molecule has 1 aliphatic carbocycles. The van der Waals surface area contributed by atoms with E-state index in [-0.39, 0.29) is 36.2 Å². The van der Waals surface area contributed by atoms with Crippen molar-refractivity contribution >= 4 is 29.3 Å². The molecule has 1 unspecified atom stereocenters. The van der Waals surface area contributed by atoms with E-state index in [1.807, 2.05) is 35.8 Å². The fraction of sp³-hybridized carbons (Fsp3) is 0.621. The third-order valence-electron chi connectivity index (χ3n) is 8.42. The Labute approximate surface area is 239 Å². The molecule has 3 aliphatic rings. The second kappa shape index (κ2) is 12.2. The Hall–Kier alpha value is -3.14. The Bertz CT molecular complexity index is 1260. The Kier molecular flexibility index (Phi) is 8.63. The third kappa shape index (κ3) is 5.68. The second-order valence-electron chi connectivity index (χ2n) is 11.3. The van der Waals surface area contributed by atoms with Crippen LogP contribution in [0.5, 0.6) is 5.75 Å². The summed E-state index contributed by atoms with van der Waals surface area (Å²) in [5.41, 5.74) is 1.73. The van der Waals surface area contributed by atoms with Crippen LogP contribution in [0, 0.1) is 11.8 Å². The van der Waals surface area contributed by atoms with Gasteiger partial charge in [0.05, 0.1) is 6.04 Å². The van der Waals surface area contributed by atoms with Crippen LogP contribution in [-0.2, 0) is 27.4 Å². The van der Waals surface area contributed by atoms with Crippen molar-refractivity contribution in [2.75, 3.05) is 26.7 Å². The number of halogens is 1. The number of carbonyl (C=O) groups is 3. The molecule has 5 rings (SSSR count). The van der Waals surface area contributed by atoms with Crippen LogP contribution in [0.2, 0.25) is 5.02 Å². The number of hydrogen-bond acceptors (Lipinski definition) is 7. The Balaban J connectivity index is 1.49. The van der Waals surface area contributed by atoms with Crippen molar-refractivity contribution in [2.24, 2.45) is 11.8 Å². The van der Waals surface area contributed by atoms with E-state index in [0.717, 1.165) is 30.4 Å². The lowest BCUT2D eigenvalue weighted by atomic mass is 9.77. The highest BCUT2D eigenvalue weighted by atomic mass is 35.5. The van der Waals surface area contributed by atoms with Crippen LogP contribution in [0.15, 0.2) is 16.7 Å². The van der Waals surface area contributed by atoms with Gasteiger partial charge in [0.1, 0.15) is 5.75 Å². The molecule has 2 aliphatic heterocycles. The van der Waals surface area contributed by atoms with Gasteiger partial charge in [0.15, 0.2) is 6.61 Å². The van der Waals surface area contributed by atoms with E-state index in [9.17, 15) is 14.4 Å². The Morgan fingerprint density at radius 3 is 2.60 bits per heavy atom. The smallest absolute Gasteiger partial charge is 0.229 e. The van der Waals surface area contributed by atoms with Gasteiger partial charge in [-0.1, -0.05) is 43.4 Å². The summed E-state index contributed by atoms with van der Waals surface area (Å²) in [7, 11) is 1.62. The average Bonchev–Trinajstić information content (AvgIpc) is 3.61. The Morgan fingerprint density at radius 2 is 1.93 bits per heavy atom. The first-order valence-electron chi connectivity index (χ1n) is 14.3. The zero-order valence-corrected chi connectivity index (χ0v) is 24.2. The van der Waals surface area contributed by atoms with E-state index in [2.05, 4.69) is 15.5 Å². The largest absolute Gasteiger partial charge is 0.485 e. The number of nitrogens with one attached hydrogen (secondary N) is 1. The zero-order valence-electron chi connectivity index (χ0n) is 23.5. The molecular formula is C29H38ClN5O5. The Morgan fingerprint density at radius 1 is 1.15 bits per heavy atom. The normalized spacial score (nSPS) is 22.9. The maximum atomic E-state index is 14.2. The SMILES string of the molecule is CNC(=O)[C@H]1CCCC[C@H]1C(=O)N1CCc2c(Cl)ccc(OCc3noc(C(C)C)n3)c2C1CN1CCCC1=O. The summed E-state index contributed by atoms with van der Waals surface area (Å²) in [5, 5.41) is 7.40. The molecule has 1 saturated heterocycles. The summed E-state index contributed by atoms with van der Waals surface area (Å²) in [6.07, 6.45) is 5.06. The molecule has 1 aromatic carbocycles. The van der Waals surface area contributed by atoms with Crippen molar-refractivity contribution in [2.45, 2.75) is 77.4 Å². The van der Waals surface area contributed by atoms with Crippen molar-refractivity contribution in [1.82, 2.24) is 25.3 Å². The van der Waals surface area contributed by atoms with E-state index in [4.69, 9.17) is 20.9 Å². The molecule has 11 heteroatoms. The van der Waals surface area contributed by atoms with Crippen LogP contribution in [0.25, 0.3) is 0 Å². The first-order valence-corrected chi connectivity index (χ1v) is 14.7. The summed E-state index contributed by atoms with van der Waals surface area (Å²) in [5.74, 6) is 0.847. The van der Waals surface area contributed by atoms with Gasteiger partial charge >= 0.3 is 0 Å². The van der Waals surface area contributed by atoms with Crippen molar-refractivity contribution in [3.63, 3.8) is 0 Å². The maximum absolute atomic E-state index is 14.2. The monoisotopic (exact) mass is 571 g/mol. The molecule has 0 radical (unpaired) electrons. The van der Waals surface area contributed by atoms with Crippen molar-refractivity contribution in [1.29, 1.82) is 0 Å². The highest BCUT2D eigenvalue weighted by Gasteiger charge is 2.43. The second-order valence-corrected chi connectivity index (χ2v) is 11.7. The topological polar surface area (TPSA) is 118 Å². The van der Waals surface area contributed by atoms with Crippen LogP contribution in [0.4, 0.5) is 0 Å². The molecule has 3 amide bonds. The fourth-order valence-corrected chi connectivity index (χ4v) is 6.57.